The maximum atomic E-state index is 10.7. The molecule has 1 aromatic rings. The molecule has 0 unspecified atom stereocenters. The minimum Gasteiger partial charge on any atom is -0.283 e. The Bertz CT molecular complexity index is 273. The number of nitrogens with one attached hydrogen (secondary N) is 1. The van der Waals surface area contributed by atoms with Crippen LogP contribution in [-0.2, 0) is 13.0 Å². The fourth-order valence-electron chi connectivity index (χ4n) is 1.14. The first-order valence-electron chi connectivity index (χ1n) is 2.98. The first-order valence-corrected chi connectivity index (χ1v) is 2.98. The first-order chi connectivity index (χ1) is 4.38. The van der Waals surface area contributed by atoms with Crippen molar-refractivity contribution in [2.75, 3.05) is 0 Å². The molecule has 1 aliphatic rings. The first kappa shape index (κ1) is 4.78. The fraction of sp³-hybridized carbons (Fsp3) is 0.600. The van der Waals surface area contributed by atoms with Crippen molar-refractivity contribution >= 4 is 0 Å². The molecule has 0 fully saturated rings. The van der Waals surface area contributed by atoms with Crippen molar-refractivity contribution in [1.29, 1.82) is 0 Å². The second kappa shape index (κ2) is 1.46. The molecule has 0 radical (unpaired) electrons. The van der Waals surface area contributed by atoms with E-state index in [4.69, 9.17) is 0 Å². The van der Waals surface area contributed by atoms with Crippen molar-refractivity contribution in [2.24, 2.45) is 0 Å². The van der Waals surface area contributed by atoms with Crippen molar-refractivity contribution in [3.63, 3.8) is 0 Å². The summed E-state index contributed by atoms with van der Waals surface area (Å²) >= 11 is 0. The van der Waals surface area contributed by atoms with Gasteiger partial charge in [0.2, 0.25) is 0 Å². The van der Waals surface area contributed by atoms with E-state index in [-0.39, 0.29) is 5.63 Å². The van der Waals surface area contributed by atoms with Gasteiger partial charge in [0.05, 0.1) is 0 Å². The van der Waals surface area contributed by atoms with E-state index in [1.807, 2.05) is 0 Å². The van der Waals surface area contributed by atoms with Crippen LogP contribution in [0.5, 0.6) is 0 Å². The second-order valence-corrected chi connectivity index (χ2v) is 2.18. The van der Waals surface area contributed by atoms with E-state index in [9.17, 15) is 4.79 Å². The molecule has 0 saturated carbocycles. The molecule has 2 rings (SSSR count). The van der Waals surface area contributed by atoms with E-state index in [2.05, 4.69) is 9.79 Å². The summed E-state index contributed by atoms with van der Waals surface area (Å²) in [5, 5.41) is 2.52. The van der Waals surface area contributed by atoms with E-state index >= 15 is 0 Å². The largest absolute Gasteiger partial charge is 0.429 e. The van der Waals surface area contributed by atoms with Crippen LogP contribution < -0.4 is 10.3 Å². The predicted molar refractivity (Wildman–Crippen MR) is 27.8 cm³/mol. The molecule has 48 valence electrons. The zero-order valence-electron chi connectivity index (χ0n) is 4.89. The van der Waals surface area contributed by atoms with Crippen LogP contribution in [0.3, 0.4) is 0 Å². The van der Waals surface area contributed by atoms with E-state index in [0.717, 1.165) is 25.1 Å². The molecule has 0 saturated heterocycles. The summed E-state index contributed by atoms with van der Waals surface area (Å²) in [4.78, 5) is 10.7. The summed E-state index contributed by atoms with van der Waals surface area (Å²) < 4.78 is 6.27. The summed E-state index contributed by atoms with van der Waals surface area (Å²) in [5.41, 5.74) is 0.558. The average molecular weight is 127 g/mol. The van der Waals surface area contributed by atoms with Crippen molar-refractivity contribution in [1.82, 2.24) is 5.27 Å². The smallest absolute Gasteiger partial charge is 0.283 e. The van der Waals surface area contributed by atoms with Crippen LogP contribution in [0, 0.1) is 0 Å². The highest BCUT2D eigenvalue weighted by atomic mass is 16.5. The van der Waals surface area contributed by atoms with Gasteiger partial charge in [-0.25, -0.2) is 4.79 Å². The third-order valence-corrected chi connectivity index (χ3v) is 1.61. The van der Waals surface area contributed by atoms with Crippen LogP contribution in [0.1, 0.15) is 12.1 Å². The minimum absolute atomic E-state index is 0.215. The molecule has 1 aliphatic heterocycles. The van der Waals surface area contributed by atoms with Crippen molar-refractivity contribution in [3.05, 3.63) is 16.1 Å². The van der Waals surface area contributed by atoms with Gasteiger partial charge in [-0.2, -0.15) is 0 Å². The predicted octanol–water partition coefficient (Wildman–Crippen LogP) is -0.798. The van der Waals surface area contributed by atoms with Gasteiger partial charge in [0.1, 0.15) is 0 Å². The van der Waals surface area contributed by atoms with Gasteiger partial charge < -0.3 is 0 Å². The van der Waals surface area contributed by atoms with E-state index in [0.29, 0.717) is 0 Å². The molecule has 2 heterocycles. The maximum Gasteiger partial charge on any atom is 0.429 e. The van der Waals surface area contributed by atoms with E-state index in [1.165, 1.54) is 0 Å². The van der Waals surface area contributed by atoms with Gasteiger partial charge in [0, 0.05) is 12.8 Å². The van der Waals surface area contributed by atoms with Gasteiger partial charge in [-0.1, -0.05) is 4.68 Å². The lowest BCUT2D eigenvalue weighted by molar-refractivity contribution is -0.756. The molecule has 4 nitrogen and oxygen atoms in total. The Morgan fingerprint density at radius 3 is 3.33 bits per heavy atom. The second-order valence-electron chi connectivity index (χ2n) is 2.18. The quantitative estimate of drug-likeness (QED) is 0.464. The lowest BCUT2D eigenvalue weighted by Gasteiger charge is -1.71. The highest BCUT2D eigenvalue weighted by Crippen LogP contribution is 1.97. The SMILES string of the molecule is O=c1o[nH][n+]2c1CCC2. The number of rotatable bonds is 0. The topological polar surface area (TPSA) is 49.9 Å². The average Bonchev–Trinajstić information content (AvgIpc) is 2.35. The van der Waals surface area contributed by atoms with Gasteiger partial charge in [-0.3, -0.25) is 4.52 Å². The summed E-state index contributed by atoms with van der Waals surface area (Å²) in [6.07, 6.45) is 1.91. The van der Waals surface area contributed by atoms with Crippen molar-refractivity contribution < 1.29 is 9.20 Å². The van der Waals surface area contributed by atoms with Crippen LogP contribution in [0.4, 0.5) is 0 Å². The molecule has 0 spiro atoms. The fourth-order valence-corrected chi connectivity index (χ4v) is 1.14. The molecule has 1 N–H and O–H groups in total. The van der Waals surface area contributed by atoms with Crippen LogP contribution in [0.2, 0.25) is 0 Å². The van der Waals surface area contributed by atoms with Crippen molar-refractivity contribution in [2.45, 2.75) is 19.4 Å². The Labute approximate surface area is 51.0 Å². The van der Waals surface area contributed by atoms with Crippen LogP contribution in [0.15, 0.2) is 9.32 Å². The number of hydrogen-bond acceptors (Lipinski definition) is 2. The summed E-state index contributed by atoms with van der Waals surface area (Å²) in [6.45, 7) is 0.890. The summed E-state index contributed by atoms with van der Waals surface area (Å²) in [7, 11) is 0. The third kappa shape index (κ3) is 0.526. The van der Waals surface area contributed by atoms with Crippen molar-refractivity contribution in [3.8, 4) is 0 Å². The maximum absolute atomic E-state index is 10.7. The van der Waals surface area contributed by atoms with E-state index < -0.39 is 0 Å². The zero-order chi connectivity index (χ0) is 6.27. The number of hydrogen-bond donors (Lipinski definition) is 1. The highest BCUT2D eigenvalue weighted by molar-refractivity contribution is 4.84. The summed E-state index contributed by atoms with van der Waals surface area (Å²) in [5.74, 6) is 0. The minimum atomic E-state index is -0.215. The molecular formula is C5H7N2O2+. The molecule has 1 aromatic heterocycles. The van der Waals surface area contributed by atoms with Gasteiger partial charge in [0.25, 0.3) is 5.69 Å². The number of nitrogens with zero attached hydrogens (tertiary/aromatic N) is 1. The van der Waals surface area contributed by atoms with E-state index in [1.54, 1.807) is 4.68 Å². The van der Waals surface area contributed by atoms with Crippen LogP contribution in [-0.4, -0.2) is 5.27 Å². The molecule has 9 heavy (non-hydrogen) atoms. The summed E-state index contributed by atoms with van der Waals surface area (Å²) in [6, 6.07) is 0. The Hall–Kier alpha value is -1.06. The number of aromatic nitrogens is 2. The Kier molecular flexibility index (Phi) is 0.777. The normalized spacial score (nSPS) is 16.0. The monoisotopic (exact) mass is 127 g/mol. The molecule has 4 heteroatoms. The number of aromatic amines is 1. The Balaban J connectivity index is 2.70. The Morgan fingerprint density at radius 1 is 1.67 bits per heavy atom. The van der Waals surface area contributed by atoms with Gasteiger partial charge in [-0.15, -0.1) is 0 Å². The van der Waals surface area contributed by atoms with Gasteiger partial charge in [0.15, 0.2) is 6.54 Å². The van der Waals surface area contributed by atoms with Crippen LogP contribution in [0.25, 0.3) is 0 Å². The third-order valence-electron chi connectivity index (χ3n) is 1.61. The molecule has 0 aliphatic carbocycles. The highest BCUT2D eigenvalue weighted by Gasteiger charge is 2.25. The molecule has 0 bridgehead atoms. The Morgan fingerprint density at radius 2 is 2.56 bits per heavy atom. The number of fused-ring (bicyclic) bond motifs is 1. The lowest BCUT2D eigenvalue weighted by Crippen LogP contribution is -2.35. The molecule has 0 atom stereocenters. The van der Waals surface area contributed by atoms with Gasteiger partial charge in [-0.05, 0) is 5.27 Å². The number of aryl methyl sites for hydroxylation is 1. The molecule has 0 amide bonds. The molecular weight excluding hydrogens is 120 g/mol. The lowest BCUT2D eigenvalue weighted by atomic mass is 10.3. The van der Waals surface area contributed by atoms with Crippen LogP contribution >= 0.6 is 0 Å². The number of H-pyrrole nitrogens is 1. The zero-order valence-corrected chi connectivity index (χ0v) is 4.89. The standard InChI is InChI=1S/C5H6N2O2/c8-5-4-2-1-3-7(4)6-9-5/h1-3H2/p+1. The van der Waals surface area contributed by atoms with Gasteiger partial charge >= 0.3 is 5.63 Å². The molecule has 0 aromatic carbocycles.